The minimum absolute atomic E-state index is 0.0180. The minimum Gasteiger partial charge on any atom is -0.326 e. The molecule has 0 aliphatic heterocycles. The molecular formula is C17H18BrNO. The molecule has 2 rings (SSSR count). The van der Waals surface area contributed by atoms with E-state index in [0.717, 1.165) is 23.0 Å². The van der Waals surface area contributed by atoms with E-state index in [1.165, 1.54) is 5.56 Å². The highest BCUT2D eigenvalue weighted by Gasteiger charge is 2.14. The van der Waals surface area contributed by atoms with Crippen LogP contribution >= 0.6 is 15.9 Å². The molecule has 2 aromatic carbocycles. The van der Waals surface area contributed by atoms with Crippen LogP contribution in [0.5, 0.6) is 0 Å². The number of rotatable bonds is 5. The number of carbonyl (C=O) groups excluding carboxylic acids is 1. The van der Waals surface area contributed by atoms with Gasteiger partial charge in [-0.2, -0.15) is 0 Å². The maximum absolute atomic E-state index is 12.2. The summed E-state index contributed by atoms with van der Waals surface area (Å²) in [5, 5.41) is 3.91. The first-order chi connectivity index (χ1) is 9.70. The van der Waals surface area contributed by atoms with Crippen molar-refractivity contribution < 1.29 is 4.79 Å². The van der Waals surface area contributed by atoms with Crippen molar-refractivity contribution in [2.45, 2.75) is 19.3 Å². The molecule has 0 fully saturated rings. The van der Waals surface area contributed by atoms with E-state index in [-0.39, 0.29) is 11.8 Å². The number of nitrogens with one attached hydrogen (secondary N) is 1. The Kier molecular flexibility index (Phi) is 5.36. The molecule has 0 saturated carbocycles. The molecule has 0 aromatic heterocycles. The number of halogens is 1. The normalized spacial score (nSPS) is 11.9. The molecule has 3 heteroatoms. The fourth-order valence-electron chi connectivity index (χ4n) is 2.01. The van der Waals surface area contributed by atoms with Crippen LogP contribution in [0.4, 0.5) is 5.69 Å². The predicted octanol–water partition coefficient (Wildman–Crippen LogP) is 4.37. The molecule has 0 bridgehead atoms. The Morgan fingerprint density at radius 1 is 1.10 bits per heavy atom. The van der Waals surface area contributed by atoms with E-state index in [9.17, 15) is 4.79 Å². The van der Waals surface area contributed by atoms with Gasteiger partial charge in [-0.1, -0.05) is 58.4 Å². The summed E-state index contributed by atoms with van der Waals surface area (Å²) < 4.78 is 0. The SMILES string of the molecule is CC(C(=O)Nc1ccc(CCBr)cc1)c1ccccc1. The van der Waals surface area contributed by atoms with Gasteiger partial charge in [-0.3, -0.25) is 4.79 Å². The summed E-state index contributed by atoms with van der Waals surface area (Å²) in [6, 6.07) is 17.8. The van der Waals surface area contributed by atoms with Crippen LogP contribution in [0.1, 0.15) is 24.0 Å². The molecule has 2 aromatic rings. The van der Waals surface area contributed by atoms with Gasteiger partial charge in [-0.15, -0.1) is 0 Å². The smallest absolute Gasteiger partial charge is 0.231 e. The summed E-state index contributed by atoms with van der Waals surface area (Å²) >= 11 is 3.42. The van der Waals surface area contributed by atoms with Crippen molar-refractivity contribution in [3.05, 3.63) is 65.7 Å². The van der Waals surface area contributed by atoms with Crippen LogP contribution in [0.3, 0.4) is 0 Å². The van der Waals surface area contributed by atoms with Crippen molar-refractivity contribution in [3.8, 4) is 0 Å². The molecule has 2 nitrogen and oxygen atoms in total. The zero-order chi connectivity index (χ0) is 14.4. The minimum atomic E-state index is -0.154. The Labute approximate surface area is 128 Å². The standard InChI is InChI=1S/C17H18BrNO/c1-13(15-5-3-2-4-6-15)17(20)19-16-9-7-14(8-10-16)11-12-18/h2-10,13H,11-12H2,1H3,(H,19,20). The van der Waals surface area contributed by atoms with E-state index in [2.05, 4.69) is 21.2 Å². The summed E-state index contributed by atoms with van der Waals surface area (Å²) in [5.74, 6) is -0.136. The highest BCUT2D eigenvalue weighted by Crippen LogP contribution is 2.18. The van der Waals surface area contributed by atoms with E-state index in [0.29, 0.717) is 0 Å². The Hall–Kier alpha value is -1.61. The lowest BCUT2D eigenvalue weighted by Crippen LogP contribution is -2.18. The molecule has 0 saturated heterocycles. The van der Waals surface area contributed by atoms with Crippen molar-refractivity contribution in [1.82, 2.24) is 0 Å². The second kappa shape index (κ2) is 7.25. The van der Waals surface area contributed by atoms with Crippen LogP contribution in [0.15, 0.2) is 54.6 Å². The Bertz CT molecular complexity index is 551. The molecule has 0 aliphatic carbocycles. The summed E-state index contributed by atoms with van der Waals surface area (Å²) in [6.07, 6.45) is 0.995. The van der Waals surface area contributed by atoms with Crippen molar-refractivity contribution >= 4 is 27.5 Å². The largest absolute Gasteiger partial charge is 0.326 e. The second-order valence-electron chi connectivity index (χ2n) is 4.76. The van der Waals surface area contributed by atoms with Gasteiger partial charge < -0.3 is 5.32 Å². The highest BCUT2D eigenvalue weighted by atomic mass is 79.9. The number of hydrogen-bond acceptors (Lipinski definition) is 1. The lowest BCUT2D eigenvalue weighted by Gasteiger charge is -2.12. The number of amides is 1. The zero-order valence-electron chi connectivity index (χ0n) is 11.5. The summed E-state index contributed by atoms with van der Waals surface area (Å²) in [5.41, 5.74) is 3.13. The van der Waals surface area contributed by atoms with Gasteiger partial charge in [0.25, 0.3) is 0 Å². The highest BCUT2D eigenvalue weighted by molar-refractivity contribution is 9.09. The van der Waals surface area contributed by atoms with Crippen molar-refractivity contribution in [2.75, 3.05) is 10.6 Å². The van der Waals surface area contributed by atoms with Crippen molar-refractivity contribution in [3.63, 3.8) is 0 Å². The molecule has 0 aliphatic rings. The Morgan fingerprint density at radius 3 is 2.35 bits per heavy atom. The summed E-state index contributed by atoms with van der Waals surface area (Å²) in [6.45, 7) is 1.92. The van der Waals surface area contributed by atoms with E-state index >= 15 is 0 Å². The summed E-state index contributed by atoms with van der Waals surface area (Å²) in [4.78, 5) is 12.2. The first-order valence-corrected chi connectivity index (χ1v) is 7.83. The van der Waals surface area contributed by atoms with Crippen LogP contribution in [-0.4, -0.2) is 11.2 Å². The third-order valence-corrected chi connectivity index (χ3v) is 3.69. The molecular weight excluding hydrogens is 314 g/mol. The number of carbonyl (C=O) groups is 1. The average molecular weight is 332 g/mol. The van der Waals surface area contributed by atoms with E-state index < -0.39 is 0 Å². The quantitative estimate of drug-likeness (QED) is 0.810. The Balaban J connectivity index is 2.00. The number of anilines is 1. The van der Waals surface area contributed by atoms with Crippen LogP contribution in [-0.2, 0) is 11.2 Å². The summed E-state index contributed by atoms with van der Waals surface area (Å²) in [7, 11) is 0. The third-order valence-electron chi connectivity index (χ3n) is 3.30. The van der Waals surface area contributed by atoms with E-state index in [4.69, 9.17) is 0 Å². The molecule has 1 N–H and O–H groups in total. The first kappa shape index (κ1) is 14.8. The lowest BCUT2D eigenvalue weighted by atomic mass is 10.0. The van der Waals surface area contributed by atoms with Gasteiger partial charge in [-0.25, -0.2) is 0 Å². The van der Waals surface area contributed by atoms with Gasteiger partial charge in [0.1, 0.15) is 0 Å². The Morgan fingerprint density at radius 2 is 1.75 bits per heavy atom. The van der Waals surface area contributed by atoms with E-state index in [1.807, 2.05) is 61.5 Å². The molecule has 1 amide bonds. The topological polar surface area (TPSA) is 29.1 Å². The number of benzene rings is 2. The molecule has 1 atom stereocenters. The van der Waals surface area contributed by atoms with Gasteiger partial charge in [-0.05, 0) is 36.6 Å². The van der Waals surface area contributed by atoms with Gasteiger partial charge in [0, 0.05) is 11.0 Å². The van der Waals surface area contributed by atoms with Crippen LogP contribution in [0, 0.1) is 0 Å². The average Bonchev–Trinajstić information content (AvgIpc) is 2.49. The predicted molar refractivity (Wildman–Crippen MR) is 87.4 cm³/mol. The molecule has 20 heavy (non-hydrogen) atoms. The maximum atomic E-state index is 12.2. The van der Waals surface area contributed by atoms with Crippen LogP contribution < -0.4 is 5.32 Å². The van der Waals surface area contributed by atoms with Crippen LogP contribution in [0.2, 0.25) is 0 Å². The van der Waals surface area contributed by atoms with Crippen molar-refractivity contribution in [1.29, 1.82) is 0 Å². The van der Waals surface area contributed by atoms with Gasteiger partial charge in [0.2, 0.25) is 5.91 Å². The lowest BCUT2D eigenvalue weighted by molar-refractivity contribution is -0.117. The zero-order valence-corrected chi connectivity index (χ0v) is 13.1. The molecule has 0 radical (unpaired) electrons. The van der Waals surface area contributed by atoms with Gasteiger partial charge >= 0.3 is 0 Å². The van der Waals surface area contributed by atoms with Gasteiger partial charge in [0.05, 0.1) is 5.92 Å². The number of alkyl halides is 1. The first-order valence-electron chi connectivity index (χ1n) is 6.71. The fraction of sp³-hybridized carbons (Fsp3) is 0.235. The monoisotopic (exact) mass is 331 g/mol. The number of aryl methyl sites for hydroxylation is 1. The molecule has 1 unspecified atom stereocenters. The van der Waals surface area contributed by atoms with Gasteiger partial charge in [0.15, 0.2) is 0 Å². The molecule has 104 valence electrons. The van der Waals surface area contributed by atoms with Crippen LogP contribution in [0.25, 0.3) is 0 Å². The van der Waals surface area contributed by atoms with E-state index in [1.54, 1.807) is 0 Å². The van der Waals surface area contributed by atoms with Crippen molar-refractivity contribution in [2.24, 2.45) is 0 Å². The molecule has 0 spiro atoms. The fourth-order valence-corrected chi connectivity index (χ4v) is 2.47. The number of hydrogen-bond donors (Lipinski definition) is 1. The third kappa shape index (κ3) is 3.94. The molecule has 0 heterocycles. The second-order valence-corrected chi connectivity index (χ2v) is 5.55. The maximum Gasteiger partial charge on any atom is 0.231 e.